The van der Waals surface area contributed by atoms with Crippen LogP contribution in [0.15, 0.2) is 23.9 Å². The highest BCUT2D eigenvalue weighted by Crippen LogP contribution is 2.27. The molecule has 5 nitrogen and oxygen atoms in total. The van der Waals surface area contributed by atoms with Gasteiger partial charge in [-0.15, -0.1) is 0 Å². The van der Waals surface area contributed by atoms with Gasteiger partial charge < -0.3 is 14.8 Å². The van der Waals surface area contributed by atoms with Crippen molar-refractivity contribution in [3.05, 3.63) is 29.5 Å². The molecule has 6 heteroatoms. The summed E-state index contributed by atoms with van der Waals surface area (Å²) in [6.07, 6.45) is 1.70. The van der Waals surface area contributed by atoms with Gasteiger partial charge in [0.15, 0.2) is 5.11 Å². The van der Waals surface area contributed by atoms with Crippen LogP contribution in [-0.4, -0.2) is 37.2 Å². The summed E-state index contributed by atoms with van der Waals surface area (Å²) in [6.45, 7) is 0. The summed E-state index contributed by atoms with van der Waals surface area (Å²) in [6, 6.07) is 5.38. The molecule has 0 spiro atoms. The van der Waals surface area contributed by atoms with Crippen molar-refractivity contribution in [2.45, 2.75) is 0 Å². The topological polar surface area (TPSA) is 50.8 Å². The Balaban J connectivity index is 2.38. The molecule has 2 rings (SSSR count). The Morgan fingerprint density at radius 2 is 2.05 bits per heavy atom. The smallest absolute Gasteiger partial charge is 0.276 e. The molecular formula is C13H14N2O3S. The van der Waals surface area contributed by atoms with Crippen LogP contribution >= 0.6 is 12.2 Å². The molecule has 0 radical (unpaired) electrons. The minimum atomic E-state index is -0.164. The van der Waals surface area contributed by atoms with Gasteiger partial charge in [-0.1, -0.05) is 0 Å². The van der Waals surface area contributed by atoms with Crippen LogP contribution in [0.25, 0.3) is 6.08 Å². The van der Waals surface area contributed by atoms with Gasteiger partial charge in [0.05, 0.1) is 14.2 Å². The first-order valence-electron chi connectivity index (χ1n) is 5.59. The van der Waals surface area contributed by atoms with Gasteiger partial charge >= 0.3 is 0 Å². The van der Waals surface area contributed by atoms with Crippen LogP contribution in [0.1, 0.15) is 5.56 Å². The Morgan fingerprint density at radius 3 is 2.58 bits per heavy atom. The lowest BCUT2D eigenvalue weighted by Gasteiger charge is -2.07. The maximum absolute atomic E-state index is 11.9. The summed E-state index contributed by atoms with van der Waals surface area (Å²) in [5.41, 5.74) is 1.20. The van der Waals surface area contributed by atoms with Gasteiger partial charge in [-0.25, -0.2) is 0 Å². The standard InChI is InChI=1S/C13H14N2O3S/c1-15-12(16)10(14-13(15)19)6-8-4-5-9(17-2)7-11(8)18-3/h4-7H,1-3H3,(H,14,19)/b10-6-. The zero-order valence-corrected chi connectivity index (χ0v) is 11.7. The number of benzene rings is 1. The van der Waals surface area contributed by atoms with E-state index in [0.717, 1.165) is 5.56 Å². The minimum Gasteiger partial charge on any atom is -0.497 e. The fraction of sp³-hybridized carbons (Fsp3) is 0.231. The molecule has 1 heterocycles. The van der Waals surface area contributed by atoms with E-state index in [1.165, 1.54) is 4.90 Å². The number of nitrogens with zero attached hydrogens (tertiary/aromatic N) is 1. The predicted molar refractivity (Wildman–Crippen MR) is 76.0 cm³/mol. The number of carbonyl (C=O) groups is 1. The summed E-state index contributed by atoms with van der Waals surface area (Å²) in [4.78, 5) is 13.3. The molecule has 0 aliphatic carbocycles. The van der Waals surface area contributed by atoms with Crippen molar-refractivity contribution in [2.75, 3.05) is 21.3 Å². The van der Waals surface area contributed by atoms with Crippen molar-refractivity contribution in [3.63, 3.8) is 0 Å². The normalized spacial score (nSPS) is 16.8. The Kier molecular flexibility index (Phi) is 3.71. The molecule has 0 atom stereocenters. The number of likely N-dealkylation sites (N-methyl/N-ethyl adjacent to an activating group) is 1. The van der Waals surface area contributed by atoms with E-state index in [9.17, 15) is 4.79 Å². The van der Waals surface area contributed by atoms with Crippen molar-refractivity contribution in [3.8, 4) is 11.5 Å². The second kappa shape index (κ2) is 5.27. The molecule has 1 N–H and O–H groups in total. The fourth-order valence-electron chi connectivity index (χ4n) is 1.72. The Bertz CT molecular complexity index is 569. The van der Waals surface area contributed by atoms with E-state index in [1.807, 2.05) is 6.07 Å². The van der Waals surface area contributed by atoms with Gasteiger partial charge in [0, 0.05) is 18.7 Å². The fourth-order valence-corrected chi connectivity index (χ4v) is 1.91. The maximum Gasteiger partial charge on any atom is 0.276 e. The third-order valence-corrected chi connectivity index (χ3v) is 3.20. The molecule has 0 saturated carbocycles. The molecule has 1 fully saturated rings. The van der Waals surface area contributed by atoms with Crippen LogP contribution in [0.3, 0.4) is 0 Å². The monoisotopic (exact) mass is 278 g/mol. The molecule has 100 valence electrons. The zero-order valence-electron chi connectivity index (χ0n) is 10.9. The van der Waals surface area contributed by atoms with E-state index in [-0.39, 0.29) is 5.91 Å². The largest absolute Gasteiger partial charge is 0.497 e. The second-order valence-corrected chi connectivity index (χ2v) is 4.35. The van der Waals surface area contributed by atoms with Crippen molar-refractivity contribution >= 4 is 29.3 Å². The molecule has 1 aromatic carbocycles. The lowest BCUT2D eigenvalue weighted by Crippen LogP contribution is -2.25. The average Bonchev–Trinajstić information content (AvgIpc) is 2.67. The SMILES string of the molecule is COc1ccc(/C=C2\NC(=S)N(C)C2=O)c(OC)c1. The number of carbonyl (C=O) groups excluding carboxylic acids is 1. The van der Waals surface area contributed by atoms with Crippen molar-refractivity contribution in [1.29, 1.82) is 0 Å². The van der Waals surface area contributed by atoms with E-state index >= 15 is 0 Å². The van der Waals surface area contributed by atoms with E-state index in [2.05, 4.69) is 5.32 Å². The van der Waals surface area contributed by atoms with E-state index in [0.29, 0.717) is 22.3 Å². The third kappa shape index (κ3) is 2.53. The van der Waals surface area contributed by atoms with Crippen LogP contribution in [0.2, 0.25) is 0 Å². The van der Waals surface area contributed by atoms with Gasteiger partial charge in [0.1, 0.15) is 17.2 Å². The number of ether oxygens (including phenoxy) is 2. The molecule has 1 amide bonds. The summed E-state index contributed by atoms with van der Waals surface area (Å²) >= 11 is 5.01. The van der Waals surface area contributed by atoms with Gasteiger partial charge in [0.25, 0.3) is 5.91 Å². The highest BCUT2D eigenvalue weighted by atomic mass is 32.1. The zero-order chi connectivity index (χ0) is 14.0. The molecule has 1 saturated heterocycles. The summed E-state index contributed by atoms with van der Waals surface area (Å²) in [7, 11) is 4.78. The van der Waals surface area contributed by atoms with Gasteiger partial charge in [-0.05, 0) is 30.4 Å². The first-order chi connectivity index (χ1) is 9.06. The molecule has 1 aliphatic rings. The van der Waals surface area contributed by atoms with Gasteiger partial charge in [-0.2, -0.15) is 0 Å². The van der Waals surface area contributed by atoms with Crippen LogP contribution < -0.4 is 14.8 Å². The van der Waals surface area contributed by atoms with Crippen molar-refractivity contribution in [2.24, 2.45) is 0 Å². The van der Waals surface area contributed by atoms with Crippen LogP contribution in [0.5, 0.6) is 11.5 Å². The van der Waals surface area contributed by atoms with E-state index in [1.54, 1.807) is 39.5 Å². The molecule has 19 heavy (non-hydrogen) atoms. The Hall–Kier alpha value is -2.08. The Labute approximate surface area is 116 Å². The number of amides is 1. The summed E-state index contributed by atoms with van der Waals surface area (Å²) in [5, 5.41) is 3.26. The second-order valence-electron chi connectivity index (χ2n) is 3.96. The maximum atomic E-state index is 11.9. The number of hydrogen-bond donors (Lipinski definition) is 1. The molecule has 0 unspecified atom stereocenters. The minimum absolute atomic E-state index is 0.164. The molecule has 1 aliphatic heterocycles. The predicted octanol–water partition coefficient (Wildman–Crippen LogP) is 1.39. The summed E-state index contributed by atoms with van der Waals surface area (Å²) < 4.78 is 10.4. The lowest BCUT2D eigenvalue weighted by molar-refractivity contribution is -0.121. The first kappa shape index (κ1) is 13.4. The van der Waals surface area contributed by atoms with Crippen LogP contribution in [0, 0.1) is 0 Å². The highest BCUT2D eigenvalue weighted by molar-refractivity contribution is 7.80. The summed E-state index contributed by atoms with van der Waals surface area (Å²) in [5.74, 6) is 1.15. The van der Waals surface area contributed by atoms with Crippen molar-refractivity contribution in [1.82, 2.24) is 10.2 Å². The molecule has 0 aromatic heterocycles. The van der Waals surface area contributed by atoms with E-state index in [4.69, 9.17) is 21.7 Å². The first-order valence-corrected chi connectivity index (χ1v) is 6.00. The van der Waals surface area contributed by atoms with Crippen LogP contribution in [0.4, 0.5) is 0 Å². The van der Waals surface area contributed by atoms with Gasteiger partial charge in [-0.3, -0.25) is 9.69 Å². The number of methoxy groups -OCH3 is 2. The average molecular weight is 278 g/mol. The lowest BCUT2D eigenvalue weighted by atomic mass is 10.1. The van der Waals surface area contributed by atoms with Crippen LogP contribution in [-0.2, 0) is 4.79 Å². The Morgan fingerprint density at radius 1 is 1.32 bits per heavy atom. The molecule has 1 aromatic rings. The van der Waals surface area contributed by atoms with Crippen molar-refractivity contribution < 1.29 is 14.3 Å². The third-order valence-electron chi connectivity index (χ3n) is 2.82. The highest BCUT2D eigenvalue weighted by Gasteiger charge is 2.27. The number of rotatable bonds is 3. The number of thiocarbonyl (C=S) groups is 1. The quantitative estimate of drug-likeness (QED) is 0.669. The molecular weight excluding hydrogens is 264 g/mol. The van der Waals surface area contributed by atoms with E-state index < -0.39 is 0 Å². The number of hydrogen-bond acceptors (Lipinski definition) is 4. The molecule has 0 bridgehead atoms. The van der Waals surface area contributed by atoms with Gasteiger partial charge in [0.2, 0.25) is 0 Å². The number of nitrogens with one attached hydrogen (secondary N) is 1.